The molecule has 1 atom stereocenters. The number of thiophene rings is 1. The Bertz CT molecular complexity index is 766. The molecule has 3 amide bonds. The van der Waals surface area contributed by atoms with Gasteiger partial charge in [0, 0.05) is 18.0 Å². The molecule has 27 heavy (non-hydrogen) atoms. The van der Waals surface area contributed by atoms with Crippen molar-refractivity contribution in [3.05, 3.63) is 46.7 Å². The van der Waals surface area contributed by atoms with Gasteiger partial charge in [-0.25, -0.2) is 4.79 Å². The van der Waals surface area contributed by atoms with Crippen LogP contribution in [0, 0.1) is 0 Å². The van der Waals surface area contributed by atoms with E-state index in [9.17, 15) is 9.59 Å². The van der Waals surface area contributed by atoms with Gasteiger partial charge < -0.3 is 14.8 Å². The standard InChI is InChI=1S/C19H23N3O4S/c1-22(11-14-13-25-16-6-2-3-7-17(16)26-14)12-18(23)21-19(24)20-9-8-15-5-4-10-27-15/h2-7,10,14H,8-9,11-13H2,1H3,(H2,20,21,23,24). The Morgan fingerprint density at radius 3 is 2.81 bits per heavy atom. The van der Waals surface area contributed by atoms with E-state index in [0.29, 0.717) is 25.4 Å². The molecule has 1 unspecified atom stereocenters. The Morgan fingerprint density at radius 2 is 2.04 bits per heavy atom. The summed E-state index contributed by atoms with van der Waals surface area (Å²) in [6, 6.07) is 11.0. The van der Waals surface area contributed by atoms with Gasteiger partial charge in [0.25, 0.3) is 0 Å². The molecule has 2 aromatic rings. The van der Waals surface area contributed by atoms with E-state index in [1.54, 1.807) is 23.3 Å². The highest BCUT2D eigenvalue weighted by atomic mass is 32.1. The van der Waals surface area contributed by atoms with Crippen LogP contribution in [-0.4, -0.2) is 56.2 Å². The quantitative estimate of drug-likeness (QED) is 0.756. The number of imide groups is 1. The highest BCUT2D eigenvalue weighted by molar-refractivity contribution is 7.09. The van der Waals surface area contributed by atoms with Gasteiger partial charge in [0.15, 0.2) is 11.5 Å². The summed E-state index contributed by atoms with van der Waals surface area (Å²) in [5.74, 6) is 1.08. The minimum Gasteiger partial charge on any atom is -0.486 e. The van der Waals surface area contributed by atoms with E-state index >= 15 is 0 Å². The lowest BCUT2D eigenvalue weighted by atomic mass is 10.2. The summed E-state index contributed by atoms with van der Waals surface area (Å²) in [6.45, 7) is 1.52. The van der Waals surface area contributed by atoms with E-state index in [2.05, 4.69) is 10.6 Å². The summed E-state index contributed by atoms with van der Waals surface area (Å²) in [6.07, 6.45) is 0.581. The molecule has 8 heteroatoms. The van der Waals surface area contributed by atoms with Crippen molar-refractivity contribution < 1.29 is 19.1 Å². The number of likely N-dealkylation sites (N-methyl/N-ethyl adjacent to an activating group) is 1. The van der Waals surface area contributed by atoms with Crippen LogP contribution in [0.2, 0.25) is 0 Å². The largest absolute Gasteiger partial charge is 0.486 e. The predicted octanol–water partition coefficient (Wildman–Crippen LogP) is 1.89. The van der Waals surface area contributed by atoms with Crippen molar-refractivity contribution in [2.24, 2.45) is 0 Å². The van der Waals surface area contributed by atoms with E-state index in [0.717, 1.165) is 12.2 Å². The average Bonchev–Trinajstić information content (AvgIpc) is 3.14. The molecule has 0 saturated heterocycles. The van der Waals surface area contributed by atoms with E-state index in [-0.39, 0.29) is 18.6 Å². The SMILES string of the molecule is CN(CC(=O)NC(=O)NCCc1cccs1)CC1COc2ccccc2O1. The highest BCUT2D eigenvalue weighted by Crippen LogP contribution is 2.30. The average molecular weight is 389 g/mol. The second-order valence-corrected chi connectivity index (χ2v) is 7.36. The Labute approximate surface area is 162 Å². The van der Waals surface area contributed by atoms with Crippen molar-refractivity contribution in [2.75, 3.05) is 33.3 Å². The third-order valence-electron chi connectivity index (χ3n) is 3.99. The van der Waals surface area contributed by atoms with Crippen LogP contribution >= 0.6 is 11.3 Å². The number of nitrogens with zero attached hydrogens (tertiary/aromatic N) is 1. The molecule has 0 aliphatic carbocycles. The van der Waals surface area contributed by atoms with E-state index in [1.165, 1.54) is 4.88 Å². The number of benzene rings is 1. The number of carbonyl (C=O) groups is 2. The maximum atomic E-state index is 12.0. The summed E-state index contributed by atoms with van der Waals surface area (Å²) in [4.78, 5) is 26.8. The van der Waals surface area contributed by atoms with Gasteiger partial charge in [-0.1, -0.05) is 18.2 Å². The van der Waals surface area contributed by atoms with E-state index in [1.807, 2.05) is 41.8 Å². The Kier molecular flexibility index (Phi) is 6.67. The minimum absolute atomic E-state index is 0.0971. The van der Waals surface area contributed by atoms with E-state index in [4.69, 9.17) is 9.47 Å². The second-order valence-electron chi connectivity index (χ2n) is 6.33. The lowest BCUT2D eigenvalue weighted by molar-refractivity contribution is -0.121. The zero-order chi connectivity index (χ0) is 19.1. The number of rotatable bonds is 7. The van der Waals surface area contributed by atoms with Gasteiger partial charge in [0.2, 0.25) is 5.91 Å². The number of fused-ring (bicyclic) bond motifs is 1. The molecule has 7 nitrogen and oxygen atoms in total. The van der Waals surface area contributed by atoms with Gasteiger partial charge in [0.1, 0.15) is 12.7 Å². The summed E-state index contributed by atoms with van der Waals surface area (Å²) >= 11 is 1.64. The number of para-hydroxylation sites is 2. The van der Waals surface area contributed by atoms with Gasteiger partial charge in [-0.3, -0.25) is 15.0 Å². The molecular formula is C19H23N3O4S. The van der Waals surface area contributed by atoms with Crippen molar-refractivity contribution in [2.45, 2.75) is 12.5 Å². The number of nitrogens with one attached hydrogen (secondary N) is 2. The first-order chi connectivity index (χ1) is 13.1. The first-order valence-electron chi connectivity index (χ1n) is 8.77. The minimum atomic E-state index is -0.476. The number of hydrogen-bond donors (Lipinski definition) is 2. The summed E-state index contributed by atoms with van der Waals surface area (Å²) < 4.78 is 11.5. The Morgan fingerprint density at radius 1 is 1.22 bits per heavy atom. The fourth-order valence-corrected chi connectivity index (χ4v) is 3.48. The van der Waals surface area contributed by atoms with Crippen LogP contribution in [-0.2, 0) is 11.2 Å². The summed E-state index contributed by atoms with van der Waals surface area (Å²) in [5, 5.41) is 7.03. The number of urea groups is 1. The lowest BCUT2D eigenvalue weighted by Crippen LogP contribution is -2.46. The van der Waals surface area contributed by atoms with Crippen molar-refractivity contribution in [3.8, 4) is 11.5 Å². The van der Waals surface area contributed by atoms with Crippen LogP contribution in [0.5, 0.6) is 11.5 Å². The fraction of sp³-hybridized carbons (Fsp3) is 0.368. The number of ether oxygens (including phenoxy) is 2. The molecule has 1 aromatic carbocycles. The normalized spacial score (nSPS) is 15.4. The zero-order valence-electron chi connectivity index (χ0n) is 15.1. The molecule has 0 bridgehead atoms. The third-order valence-corrected chi connectivity index (χ3v) is 4.92. The first-order valence-corrected chi connectivity index (χ1v) is 9.65. The Balaban J connectivity index is 1.34. The second kappa shape index (κ2) is 9.38. The molecule has 0 fully saturated rings. The predicted molar refractivity (Wildman–Crippen MR) is 103 cm³/mol. The van der Waals surface area contributed by atoms with Gasteiger partial charge in [-0.15, -0.1) is 11.3 Å². The summed E-state index contributed by atoms with van der Waals surface area (Å²) in [7, 11) is 1.80. The third kappa shape index (κ3) is 5.97. The number of amides is 3. The first kappa shape index (κ1) is 19.2. The molecule has 2 N–H and O–H groups in total. The fourth-order valence-electron chi connectivity index (χ4n) is 2.77. The zero-order valence-corrected chi connectivity index (χ0v) is 16.0. The van der Waals surface area contributed by atoms with Gasteiger partial charge in [-0.05, 0) is 37.0 Å². The smallest absolute Gasteiger partial charge is 0.321 e. The highest BCUT2D eigenvalue weighted by Gasteiger charge is 2.22. The molecule has 3 rings (SSSR count). The summed E-state index contributed by atoms with van der Waals surface area (Å²) in [5.41, 5.74) is 0. The molecule has 0 saturated carbocycles. The van der Waals surface area contributed by atoms with Crippen LogP contribution in [0.1, 0.15) is 4.88 Å². The van der Waals surface area contributed by atoms with Crippen LogP contribution in [0.25, 0.3) is 0 Å². The van der Waals surface area contributed by atoms with Gasteiger partial charge >= 0.3 is 6.03 Å². The number of hydrogen-bond acceptors (Lipinski definition) is 6. The molecule has 0 radical (unpaired) electrons. The van der Waals surface area contributed by atoms with Crippen molar-refractivity contribution in [1.29, 1.82) is 0 Å². The van der Waals surface area contributed by atoms with Crippen molar-refractivity contribution in [1.82, 2.24) is 15.5 Å². The van der Waals surface area contributed by atoms with Crippen LogP contribution < -0.4 is 20.1 Å². The Hall–Kier alpha value is -2.58. The maximum Gasteiger partial charge on any atom is 0.321 e. The van der Waals surface area contributed by atoms with Crippen LogP contribution in [0.4, 0.5) is 4.79 Å². The van der Waals surface area contributed by atoms with Crippen molar-refractivity contribution >= 4 is 23.3 Å². The number of carbonyl (C=O) groups excluding carboxylic acids is 2. The van der Waals surface area contributed by atoms with Gasteiger partial charge in [0.05, 0.1) is 6.54 Å². The molecule has 1 aliphatic heterocycles. The van der Waals surface area contributed by atoms with Gasteiger partial charge in [-0.2, -0.15) is 0 Å². The molecule has 1 aromatic heterocycles. The monoisotopic (exact) mass is 389 g/mol. The molecule has 1 aliphatic rings. The molecule has 2 heterocycles. The van der Waals surface area contributed by atoms with Crippen molar-refractivity contribution in [3.63, 3.8) is 0 Å². The molecular weight excluding hydrogens is 366 g/mol. The van der Waals surface area contributed by atoms with E-state index < -0.39 is 6.03 Å². The molecule has 0 spiro atoms. The van der Waals surface area contributed by atoms with Crippen LogP contribution in [0.15, 0.2) is 41.8 Å². The maximum absolute atomic E-state index is 12.0. The molecule has 144 valence electrons. The van der Waals surface area contributed by atoms with Crippen LogP contribution in [0.3, 0.4) is 0 Å². The topological polar surface area (TPSA) is 79.9 Å². The lowest BCUT2D eigenvalue weighted by Gasteiger charge is -2.29.